The summed E-state index contributed by atoms with van der Waals surface area (Å²) in [5.41, 5.74) is -1.63. The van der Waals surface area contributed by atoms with Crippen LogP contribution in [0.4, 0.5) is 0 Å². The van der Waals surface area contributed by atoms with E-state index < -0.39 is 5.60 Å². The Hall–Kier alpha value is -1.93. The van der Waals surface area contributed by atoms with Crippen LogP contribution < -0.4 is 9.47 Å². The monoisotopic (exact) mass is 397 g/mol. The maximum absolute atomic E-state index is 12.0. The fourth-order valence-corrected chi connectivity index (χ4v) is 2.61. The van der Waals surface area contributed by atoms with Crippen molar-refractivity contribution in [2.45, 2.75) is 25.9 Å². The van der Waals surface area contributed by atoms with Gasteiger partial charge in [-0.25, -0.2) is 0 Å². The molecule has 0 fully saturated rings. The Balaban J connectivity index is 2.31. The van der Waals surface area contributed by atoms with E-state index in [-0.39, 0.29) is 23.0 Å². The average Bonchev–Trinajstić information content (AvgIpc) is 2.59. The van der Waals surface area contributed by atoms with Gasteiger partial charge >= 0.3 is 0 Å². The van der Waals surface area contributed by atoms with Gasteiger partial charge in [0.15, 0.2) is 5.78 Å². The second-order valence-corrected chi connectivity index (χ2v) is 6.54. The van der Waals surface area contributed by atoms with Crippen molar-refractivity contribution in [2.24, 2.45) is 0 Å². The third-order valence-electron chi connectivity index (χ3n) is 3.41. The van der Waals surface area contributed by atoms with Crippen LogP contribution in [0.3, 0.4) is 0 Å². The Labute approximate surface area is 160 Å². The number of hydrogen-bond donors (Lipinski definition) is 0. The number of nitrogens with zero attached hydrogens (tertiary/aromatic N) is 1. The van der Waals surface area contributed by atoms with Gasteiger partial charge in [0.1, 0.15) is 23.3 Å². The molecule has 0 aromatic heterocycles. The van der Waals surface area contributed by atoms with Crippen molar-refractivity contribution in [1.82, 2.24) is 0 Å². The van der Waals surface area contributed by atoms with Gasteiger partial charge in [-0.1, -0.05) is 41.7 Å². The molecule has 25 heavy (non-hydrogen) atoms. The molecule has 0 spiro atoms. The molecule has 0 bridgehead atoms. The highest BCUT2D eigenvalue weighted by Gasteiger charge is 2.34. The minimum absolute atomic E-state index is 0.162. The molecule has 1 atom stereocenters. The summed E-state index contributed by atoms with van der Waals surface area (Å²) in [6.07, 6.45) is 0.165. The lowest BCUT2D eigenvalue weighted by atomic mass is 10.0. The molecule has 0 radical (unpaired) electrons. The van der Waals surface area contributed by atoms with Crippen molar-refractivity contribution >= 4 is 40.6 Å². The summed E-state index contributed by atoms with van der Waals surface area (Å²) in [7, 11) is 0. The lowest BCUT2D eigenvalue weighted by molar-refractivity contribution is -0.128. The number of nitriles is 1. The predicted octanol–water partition coefficient (Wildman–Crippen LogP) is 6.08. The normalized spacial score (nSPS) is 12.8. The highest BCUT2D eigenvalue weighted by atomic mass is 35.5. The number of ether oxygens (including phenoxy) is 2. The van der Waals surface area contributed by atoms with Gasteiger partial charge in [0.25, 0.3) is 0 Å². The van der Waals surface area contributed by atoms with Crippen LogP contribution in [0, 0.1) is 11.3 Å². The Kier molecular flexibility index (Phi) is 6.18. The van der Waals surface area contributed by atoms with Crippen LogP contribution in [0.15, 0.2) is 36.4 Å². The SMILES string of the molecule is CCC(=O)C(C)(C#N)Oc1cc(Oc2ccc(Cl)cc2Cl)ccc1Cl. The molecule has 0 N–H and O–H groups in total. The molecule has 1 unspecified atom stereocenters. The third kappa shape index (κ3) is 4.58. The average molecular weight is 399 g/mol. The summed E-state index contributed by atoms with van der Waals surface area (Å²) >= 11 is 18.1. The Morgan fingerprint density at radius 2 is 1.84 bits per heavy atom. The molecule has 0 aliphatic heterocycles. The second-order valence-electron chi connectivity index (χ2n) is 5.29. The van der Waals surface area contributed by atoms with Crippen molar-refractivity contribution in [1.29, 1.82) is 5.26 Å². The number of rotatable bonds is 6. The molecular weight excluding hydrogens is 385 g/mol. The Morgan fingerprint density at radius 1 is 1.12 bits per heavy atom. The first-order chi connectivity index (χ1) is 11.8. The molecule has 0 aliphatic rings. The van der Waals surface area contributed by atoms with Crippen LogP contribution in [-0.4, -0.2) is 11.4 Å². The lowest BCUT2D eigenvalue weighted by Crippen LogP contribution is -2.39. The molecule has 2 aromatic carbocycles. The van der Waals surface area contributed by atoms with E-state index >= 15 is 0 Å². The van der Waals surface area contributed by atoms with E-state index in [4.69, 9.17) is 44.3 Å². The fraction of sp³-hybridized carbons (Fsp3) is 0.222. The van der Waals surface area contributed by atoms with Gasteiger partial charge in [-0.05, 0) is 37.3 Å². The minimum Gasteiger partial charge on any atom is -0.464 e. The van der Waals surface area contributed by atoms with E-state index in [1.165, 1.54) is 13.0 Å². The molecule has 130 valence electrons. The van der Waals surface area contributed by atoms with Crippen molar-refractivity contribution in [3.05, 3.63) is 51.5 Å². The second kappa shape index (κ2) is 7.97. The number of benzene rings is 2. The molecule has 4 nitrogen and oxygen atoms in total. The van der Waals surface area contributed by atoms with Gasteiger partial charge in [-0.3, -0.25) is 4.79 Å². The summed E-state index contributed by atoms with van der Waals surface area (Å²) in [4.78, 5) is 12.0. The summed E-state index contributed by atoms with van der Waals surface area (Å²) in [6.45, 7) is 3.06. The standard InChI is InChI=1S/C18H14Cl3NO3/c1-3-17(23)18(2,10-22)25-16-9-12(5-6-13(16)20)24-15-7-4-11(19)8-14(15)21/h4-9H,3H2,1-2H3. The first-order valence-electron chi connectivity index (χ1n) is 7.35. The Bertz CT molecular complexity index is 848. The highest BCUT2D eigenvalue weighted by molar-refractivity contribution is 6.35. The third-order valence-corrected chi connectivity index (χ3v) is 4.25. The molecular formula is C18H14Cl3NO3. The van der Waals surface area contributed by atoms with E-state index in [2.05, 4.69) is 0 Å². The van der Waals surface area contributed by atoms with E-state index in [0.29, 0.717) is 21.5 Å². The first-order valence-corrected chi connectivity index (χ1v) is 8.48. The number of Topliss-reactive ketones (excluding diaryl/α,β-unsaturated/α-hetero) is 1. The van der Waals surface area contributed by atoms with Gasteiger partial charge in [-0.15, -0.1) is 0 Å². The van der Waals surface area contributed by atoms with Crippen LogP contribution in [0.5, 0.6) is 17.2 Å². The number of ketones is 1. The molecule has 0 aliphatic carbocycles. The summed E-state index contributed by atoms with van der Waals surface area (Å²) in [6, 6.07) is 11.4. The zero-order valence-corrected chi connectivity index (χ0v) is 15.7. The van der Waals surface area contributed by atoms with Crippen LogP contribution >= 0.6 is 34.8 Å². The van der Waals surface area contributed by atoms with Gasteiger partial charge in [0.2, 0.25) is 5.60 Å². The van der Waals surface area contributed by atoms with Crippen LogP contribution in [0.2, 0.25) is 15.1 Å². The molecule has 0 saturated heterocycles. The summed E-state index contributed by atoms with van der Waals surface area (Å²) in [5.74, 6) is 0.591. The first kappa shape index (κ1) is 19.4. The Morgan fingerprint density at radius 3 is 2.44 bits per heavy atom. The van der Waals surface area contributed by atoms with Gasteiger partial charge in [-0.2, -0.15) is 5.26 Å². The van der Waals surface area contributed by atoms with Crippen LogP contribution in [0.1, 0.15) is 20.3 Å². The van der Waals surface area contributed by atoms with Crippen LogP contribution in [0.25, 0.3) is 0 Å². The van der Waals surface area contributed by atoms with Crippen molar-refractivity contribution in [2.75, 3.05) is 0 Å². The molecule has 0 amide bonds. The highest BCUT2D eigenvalue weighted by Crippen LogP contribution is 2.36. The van der Waals surface area contributed by atoms with Crippen LogP contribution in [-0.2, 0) is 4.79 Å². The zero-order chi connectivity index (χ0) is 18.6. The molecule has 2 rings (SSSR count). The number of carbonyl (C=O) groups is 1. The number of carbonyl (C=O) groups excluding carboxylic acids is 1. The number of hydrogen-bond acceptors (Lipinski definition) is 4. The summed E-state index contributed by atoms with van der Waals surface area (Å²) < 4.78 is 11.3. The van der Waals surface area contributed by atoms with Crippen molar-refractivity contribution in [3.8, 4) is 23.3 Å². The van der Waals surface area contributed by atoms with E-state index in [9.17, 15) is 10.1 Å². The molecule has 0 saturated carbocycles. The largest absolute Gasteiger partial charge is 0.464 e. The van der Waals surface area contributed by atoms with Gasteiger partial charge in [0, 0.05) is 17.5 Å². The molecule has 7 heteroatoms. The van der Waals surface area contributed by atoms with Crippen molar-refractivity contribution < 1.29 is 14.3 Å². The van der Waals surface area contributed by atoms with E-state index in [0.717, 1.165) is 0 Å². The van der Waals surface area contributed by atoms with E-state index in [1.54, 1.807) is 37.3 Å². The predicted molar refractivity (Wildman–Crippen MR) is 97.9 cm³/mol. The summed E-state index contributed by atoms with van der Waals surface area (Å²) in [5, 5.41) is 10.4. The van der Waals surface area contributed by atoms with Gasteiger partial charge < -0.3 is 9.47 Å². The lowest BCUT2D eigenvalue weighted by Gasteiger charge is -2.22. The maximum atomic E-state index is 12.0. The van der Waals surface area contributed by atoms with E-state index in [1.807, 2.05) is 6.07 Å². The minimum atomic E-state index is -1.63. The fourth-order valence-electron chi connectivity index (χ4n) is 2.01. The zero-order valence-electron chi connectivity index (χ0n) is 13.5. The smallest absolute Gasteiger partial charge is 0.249 e. The van der Waals surface area contributed by atoms with Gasteiger partial charge in [0.05, 0.1) is 10.0 Å². The molecule has 2 aromatic rings. The molecule has 0 heterocycles. The number of halogens is 3. The maximum Gasteiger partial charge on any atom is 0.249 e. The topological polar surface area (TPSA) is 59.3 Å². The quantitative estimate of drug-likeness (QED) is 0.591. The van der Waals surface area contributed by atoms with Crippen molar-refractivity contribution in [3.63, 3.8) is 0 Å².